The van der Waals surface area contributed by atoms with Gasteiger partial charge in [0.1, 0.15) is 11.3 Å². The molecule has 0 aliphatic carbocycles. The summed E-state index contributed by atoms with van der Waals surface area (Å²) in [4.78, 5) is 0. The third kappa shape index (κ3) is 2.33. The Kier molecular flexibility index (Phi) is 3.28. The van der Waals surface area contributed by atoms with E-state index in [9.17, 15) is 0 Å². The summed E-state index contributed by atoms with van der Waals surface area (Å²) in [5.74, 6) is 0.734. The number of hydrogen-bond acceptors (Lipinski definition) is 2. The largest absolute Gasteiger partial charge is 0.459 e. The van der Waals surface area contributed by atoms with Crippen LogP contribution in [0.2, 0.25) is 5.02 Å². The first-order chi connectivity index (χ1) is 9.54. The molecule has 20 heavy (non-hydrogen) atoms. The van der Waals surface area contributed by atoms with Gasteiger partial charge in [0.15, 0.2) is 0 Å². The molecule has 0 aliphatic heterocycles. The zero-order valence-electron chi connectivity index (χ0n) is 11.5. The Hall–Kier alpha value is -1.77. The number of fused-ring (bicyclic) bond motifs is 1. The molecule has 0 aliphatic rings. The normalized spacial score (nSPS) is 12.8. The molecular formula is C17H16ClNO. The van der Waals surface area contributed by atoms with E-state index in [0.717, 1.165) is 22.3 Å². The van der Waals surface area contributed by atoms with Crippen molar-refractivity contribution < 1.29 is 4.42 Å². The summed E-state index contributed by atoms with van der Waals surface area (Å²) in [6.45, 7) is 4.14. The number of furan rings is 1. The molecule has 0 fully saturated rings. The molecular weight excluding hydrogens is 270 g/mol. The number of halogens is 1. The molecule has 0 radical (unpaired) electrons. The van der Waals surface area contributed by atoms with Crippen molar-refractivity contribution in [2.24, 2.45) is 5.73 Å². The van der Waals surface area contributed by atoms with Gasteiger partial charge in [-0.3, -0.25) is 0 Å². The first-order valence-electron chi connectivity index (χ1n) is 6.56. The van der Waals surface area contributed by atoms with Crippen molar-refractivity contribution in [3.05, 3.63) is 69.9 Å². The van der Waals surface area contributed by atoms with Crippen molar-refractivity contribution >= 4 is 22.6 Å². The van der Waals surface area contributed by atoms with E-state index in [-0.39, 0.29) is 6.04 Å². The highest BCUT2D eigenvalue weighted by Gasteiger charge is 2.16. The molecule has 3 aromatic rings. The van der Waals surface area contributed by atoms with Gasteiger partial charge in [0.2, 0.25) is 0 Å². The predicted molar refractivity (Wildman–Crippen MR) is 83.2 cm³/mol. The maximum atomic E-state index is 6.33. The predicted octanol–water partition coefficient (Wildman–Crippen LogP) is 4.75. The van der Waals surface area contributed by atoms with Crippen LogP contribution in [0.4, 0.5) is 0 Å². The van der Waals surface area contributed by atoms with E-state index in [4.69, 9.17) is 21.8 Å². The molecule has 2 N–H and O–H groups in total. The maximum absolute atomic E-state index is 6.33. The lowest BCUT2D eigenvalue weighted by Crippen LogP contribution is -2.11. The second kappa shape index (κ2) is 4.97. The maximum Gasteiger partial charge on any atom is 0.135 e. The van der Waals surface area contributed by atoms with Crippen LogP contribution >= 0.6 is 11.6 Å². The molecule has 102 valence electrons. The van der Waals surface area contributed by atoms with Gasteiger partial charge >= 0.3 is 0 Å². The molecule has 1 atom stereocenters. The highest BCUT2D eigenvalue weighted by Crippen LogP contribution is 2.31. The summed E-state index contributed by atoms with van der Waals surface area (Å²) in [6.07, 6.45) is 0. The third-order valence-corrected chi connectivity index (χ3v) is 3.77. The van der Waals surface area contributed by atoms with Gasteiger partial charge in [0.05, 0.1) is 11.1 Å². The van der Waals surface area contributed by atoms with E-state index < -0.39 is 0 Å². The molecule has 2 aromatic carbocycles. The molecule has 0 spiro atoms. The average molecular weight is 286 g/mol. The van der Waals surface area contributed by atoms with Gasteiger partial charge in [-0.1, -0.05) is 47.0 Å². The van der Waals surface area contributed by atoms with Crippen LogP contribution in [0.25, 0.3) is 11.0 Å². The van der Waals surface area contributed by atoms with Crippen molar-refractivity contribution in [1.82, 2.24) is 0 Å². The lowest BCUT2D eigenvalue weighted by Gasteiger charge is -2.11. The van der Waals surface area contributed by atoms with Crippen molar-refractivity contribution in [2.75, 3.05) is 0 Å². The van der Waals surface area contributed by atoms with Crippen molar-refractivity contribution in [3.8, 4) is 0 Å². The van der Waals surface area contributed by atoms with Gasteiger partial charge in [-0.15, -0.1) is 0 Å². The average Bonchev–Trinajstić information content (AvgIpc) is 2.82. The molecule has 1 heterocycles. The fourth-order valence-electron chi connectivity index (χ4n) is 2.55. The summed E-state index contributed by atoms with van der Waals surface area (Å²) >= 11 is 6.17. The monoisotopic (exact) mass is 285 g/mol. The molecule has 1 aromatic heterocycles. The van der Waals surface area contributed by atoms with Crippen LogP contribution in [0.15, 0.2) is 46.9 Å². The van der Waals surface area contributed by atoms with E-state index >= 15 is 0 Å². The Bertz CT molecular complexity index is 756. The van der Waals surface area contributed by atoms with Crippen molar-refractivity contribution in [2.45, 2.75) is 19.9 Å². The molecule has 2 nitrogen and oxygen atoms in total. The highest BCUT2D eigenvalue weighted by atomic mass is 35.5. The third-order valence-electron chi connectivity index (χ3n) is 3.44. The molecule has 3 rings (SSSR count). The number of aryl methyl sites for hydroxylation is 2. The number of rotatable bonds is 2. The van der Waals surface area contributed by atoms with Crippen molar-refractivity contribution in [1.29, 1.82) is 0 Å². The summed E-state index contributed by atoms with van der Waals surface area (Å²) in [6, 6.07) is 13.6. The first kappa shape index (κ1) is 13.2. The van der Waals surface area contributed by atoms with E-state index in [1.54, 1.807) is 0 Å². The van der Waals surface area contributed by atoms with Crippen LogP contribution in [0.3, 0.4) is 0 Å². The Balaban J connectivity index is 2.07. The molecule has 1 unspecified atom stereocenters. The Morgan fingerprint density at radius 2 is 1.75 bits per heavy atom. The van der Waals surface area contributed by atoms with Gasteiger partial charge in [-0.25, -0.2) is 0 Å². The SMILES string of the molecule is Cc1cc(C)cc(C(N)c2cc3c(Cl)cccc3o2)c1. The zero-order valence-corrected chi connectivity index (χ0v) is 12.2. The van der Waals surface area contributed by atoms with E-state index in [1.165, 1.54) is 11.1 Å². The molecule has 0 saturated carbocycles. The summed E-state index contributed by atoms with van der Waals surface area (Å²) in [5, 5.41) is 1.59. The minimum Gasteiger partial charge on any atom is -0.459 e. The number of benzene rings is 2. The first-order valence-corrected chi connectivity index (χ1v) is 6.94. The fourth-order valence-corrected chi connectivity index (χ4v) is 2.77. The van der Waals surface area contributed by atoms with Gasteiger partial charge in [0, 0.05) is 5.39 Å². The summed E-state index contributed by atoms with van der Waals surface area (Å²) in [7, 11) is 0. The van der Waals surface area contributed by atoms with E-state index in [2.05, 4.69) is 32.0 Å². The summed E-state index contributed by atoms with van der Waals surface area (Å²) < 4.78 is 5.84. The topological polar surface area (TPSA) is 39.2 Å². The van der Waals surface area contributed by atoms with Crippen LogP contribution in [0, 0.1) is 13.8 Å². The lowest BCUT2D eigenvalue weighted by atomic mass is 10.0. The highest BCUT2D eigenvalue weighted by molar-refractivity contribution is 6.35. The number of nitrogens with two attached hydrogens (primary N) is 1. The van der Waals surface area contributed by atoms with Gasteiger partial charge in [-0.05, 0) is 37.6 Å². The summed E-state index contributed by atoms with van der Waals surface area (Å²) in [5.41, 5.74) is 10.6. The molecule has 0 bridgehead atoms. The smallest absolute Gasteiger partial charge is 0.135 e. The van der Waals surface area contributed by atoms with Crippen LogP contribution in [0.1, 0.15) is 28.5 Å². The molecule has 3 heteroatoms. The van der Waals surface area contributed by atoms with Gasteiger partial charge in [-0.2, -0.15) is 0 Å². The molecule has 0 amide bonds. The fraction of sp³-hybridized carbons (Fsp3) is 0.176. The molecule has 0 saturated heterocycles. The zero-order chi connectivity index (χ0) is 14.3. The van der Waals surface area contributed by atoms with Crippen LogP contribution < -0.4 is 5.73 Å². The Labute approximate surface area is 123 Å². The quantitative estimate of drug-likeness (QED) is 0.738. The van der Waals surface area contributed by atoms with Gasteiger partial charge < -0.3 is 10.2 Å². The Morgan fingerprint density at radius 3 is 2.40 bits per heavy atom. The second-order valence-corrected chi connectivity index (χ2v) is 5.61. The number of hydrogen-bond donors (Lipinski definition) is 1. The van der Waals surface area contributed by atoms with E-state index in [0.29, 0.717) is 5.02 Å². The van der Waals surface area contributed by atoms with Crippen molar-refractivity contribution in [3.63, 3.8) is 0 Å². The minimum absolute atomic E-state index is 0.280. The second-order valence-electron chi connectivity index (χ2n) is 5.20. The van der Waals surface area contributed by atoms with E-state index in [1.807, 2.05) is 24.3 Å². The van der Waals surface area contributed by atoms with Crippen LogP contribution in [-0.2, 0) is 0 Å². The minimum atomic E-state index is -0.280. The Morgan fingerprint density at radius 1 is 1.05 bits per heavy atom. The van der Waals surface area contributed by atoms with Gasteiger partial charge in [0.25, 0.3) is 0 Å². The van der Waals surface area contributed by atoms with Crippen LogP contribution in [-0.4, -0.2) is 0 Å². The lowest BCUT2D eigenvalue weighted by molar-refractivity contribution is 0.525. The van der Waals surface area contributed by atoms with Crippen LogP contribution in [0.5, 0.6) is 0 Å². The standard InChI is InChI=1S/C17H16ClNO/c1-10-6-11(2)8-12(7-10)17(19)16-9-13-14(18)4-3-5-15(13)20-16/h3-9,17H,19H2,1-2H3.